The molecule has 3 aromatic rings. The number of nitrogens with zero attached hydrogens (tertiary/aromatic N) is 1. The van der Waals surface area contributed by atoms with Crippen LogP contribution in [0.15, 0.2) is 76.1 Å². The Morgan fingerprint density at radius 1 is 0.971 bits per heavy atom. The van der Waals surface area contributed by atoms with Crippen molar-refractivity contribution in [1.29, 1.82) is 0 Å². The van der Waals surface area contributed by atoms with Crippen LogP contribution in [0.5, 0.6) is 5.75 Å². The zero-order valence-electron chi connectivity index (χ0n) is 19.1. The first kappa shape index (κ1) is 26.5. The lowest BCUT2D eigenvalue weighted by molar-refractivity contribution is -0.114. The summed E-state index contributed by atoms with van der Waals surface area (Å²) < 4.78 is 59.6. The van der Waals surface area contributed by atoms with E-state index in [1.807, 2.05) is 6.92 Å². The van der Waals surface area contributed by atoms with E-state index >= 15 is 0 Å². The van der Waals surface area contributed by atoms with E-state index in [2.05, 4.69) is 26.0 Å². The average Bonchev–Trinajstić information content (AvgIpc) is 2.78. The molecule has 0 spiro atoms. The number of hydrogen-bond donors (Lipinski definition) is 2. The Bertz CT molecular complexity index is 1430. The van der Waals surface area contributed by atoms with E-state index in [1.165, 1.54) is 31.4 Å². The van der Waals surface area contributed by atoms with E-state index in [4.69, 9.17) is 4.74 Å². The maximum Gasteiger partial charge on any atom is 0.262 e. The Morgan fingerprint density at radius 2 is 1.60 bits per heavy atom. The van der Waals surface area contributed by atoms with Crippen LogP contribution in [-0.4, -0.2) is 42.7 Å². The molecule has 0 aliphatic carbocycles. The van der Waals surface area contributed by atoms with Crippen molar-refractivity contribution in [2.24, 2.45) is 0 Å². The number of carbonyl (C=O) groups is 1. The summed E-state index contributed by atoms with van der Waals surface area (Å²) in [5.41, 5.74) is 1.81. The molecule has 0 heterocycles. The minimum Gasteiger partial charge on any atom is -0.495 e. The van der Waals surface area contributed by atoms with E-state index in [0.717, 1.165) is 20.6 Å². The number of carbonyl (C=O) groups excluding carboxylic acids is 1. The van der Waals surface area contributed by atoms with Crippen molar-refractivity contribution >= 4 is 58.9 Å². The fourth-order valence-corrected chi connectivity index (χ4v) is 5.34. The SMILES string of the molecule is COc1ccc(C)cc1NS(=O)(=O)c1ccc(NC(=O)CN(c2ccc(Br)cc2)S(C)(=O)=O)cc1. The molecule has 0 atom stereocenters. The summed E-state index contributed by atoms with van der Waals surface area (Å²) in [6.07, 6.45) is 1.01. The third-order valence-corrected chi connectivity index (χ3v) is 7.90. The average molecular weight is 582 g/mol. The van der Waals surface area contributed by atoms with Gasteiger partial charge in [0.25, 0.3) is 10.0 Å². The molecule has 0 radical (unpaired) electrons. The van der Waals surface area contributed by atoms with Crippen molar-refractivity contribution in [3.63, 3.8) is 0 Å². The minimum absolute atomic E-state index is 0.0216. The number of halogens is 1. The Kier molecular flexibility index (Phi) is 8.08. The molecule has 2 N–H and O–H groups in total. The highest BCUT2D eigenvalue weighted by Crippen LogP contribution is 2.28. The Morgan fingerprint density at radius 3 is 2.17 bits per heavy atom. The van der Waals surface area contributed by atoms with Gasteiger partial charge in [0.1, 0.15) is 12.3 Å². The van der Waals surface area contributed by atoms with Gasteiger partial charge in [-0.25, -0.2) is 16.8 Å². The van der Waals surface area contributed by atoms with Crippen molar-refractivity contribution in [3.8, 4) is 5.75 Å². The molecule has 3 aromatic carbocycles. The normalized spacial score (nSPS) is 11.5. The molecular weight excluding hydrogens is 558 g/mol. The fourth-order valence-electron chi connectivity index (χ4n) is 3.16. The molecule has 186 valence electrons. The van der Waals surface area contributed by atoms with Crippen LogP contribution in [0.1, 0.15) is 5.56 Å². The van der Waals surface area contributed by atoms with Gasteiger partial charge in [-0.15, -0.1) is 0 Å². The monoisotopic (exact) mass is 581 g/mol. The molecular formula is C23H24BrN3O6S2. The second kappa shape index (κ2) is 10.7. The van der Waals surface area contributed by atoms with Crippen LogP contribution in [0.25, 0.3) is 0 Å². The zero-order chi connectivity index (χ0) is 25.8. The summed E-state index contributed by atoms with van der Waals surface area (Å²) >= 11 is 3.29. The van der Waals surface area contributed by atoms with Crippen LogP contribution in [0.2, 0.25) is 0 Å². The molecule has 35 heavy (non-hydrogen) atoms. The van der Waals surface area contributed by atoms with Gasteiger partial charge in [-0.2, -0.15) is 0 Å². The van der Waals surface area contributed by atoms with Gasteiger partial charge in [0, 0.05) is 10.2 Å². The second-order valence-corrected chi connectivity index (χ2v) is 12.1. The molecule has 0 saturated carbocycles. The van der Waals surface area contributed by atoms with Crippen molar-refractivity contribution in [1.82, 2.24) is 0 Å². The van der Waals surface area contributed by atoms with E-state index in [0.29, 0.717) is 22.8 Å². The third kappa shape index (κ3) is 6.96. The second-order valence-electron chi connectivity index (χ2n) is 7.63. The van der Waals surface area contributed by atoms with Crippen LogP contribution in [-0.2, 0) is 24.8 Å². The van der Waals surface area contributed by atoms with Crippen molar-refractivity contribution in [2.75, 3.05) is 34.3 Å². The third-order valence-electron chi connectivity index (χ3n) is 4.85. The number of aryl methyl sites for hydroxylation is 1. The minimum atomic E-state index is -3.92. The molecule has 0 saturated heterocycles. The topological polar surface area (TPSA) is 122 Å². The van der Waals surface area contributed by atoms with Crippen LogP contribution in [0.4, 0.5) is 17.1 Å². The summed E-state index contributed by atoms with van der Waals surface area (Å²) in [4.78, 5) is 12.5. The summed E-state index contributed by atoms with van der Waals surface area (Å²) in [5.74, 6) is -0.208. The van der Waals surface area contributed by atoms with Crippen molar-refractivity contribution in [3.05, 3.63) is 76.8 Å². The van der Waals surface area contributed by atoms with Gasteiger partial charge in [0.05, 0.1) is 29.6 Å². The van der Waals surface area contributed by atoms with Gasteiger partial charge in [0.15, 0.2) is 0 Å². The standard InChI is InChI=1S/C23H24BrN3O6S2/c1-16-4-13-22(33-2)21(14-16)26-35(31,32)20-11-7-18(8-12-20)25-23(28)15-27(34(3,29)30)19-9-5-17(24)6-10-19/h4-14,26H,15H2,1-3H3,(H,25,28). The number of nitrogens with one attached hydrogen (secondary N) is 2. The van der Waals surface area contributed by atoms with Crippen molar-refractivity contribution in [2.45, 2.75) is 11.8 Å². The molecule has 0 unspecified atom stereocenters. The molecule has 0 bridgehead atoms. The molecule has 9 nitrogen and oxygen atoms in total. The Hall–Kier alpha value is -3.09. The summed E-state index contributed by atoms with van der Waals surface area (Å²) in [6, 6.07) is 17.1. The lowest BCUT2D eigenvalue weighted by atomic mass is 10.2. The van der Waals surface area contributed by atoms with E-state index in [-0.39, 0.29) is 4.90 Å². The van der Waals surface area contributed by atoms with Gasteiger partial charge in [0.2, 0.25) is 15.9 Å². The summed E-state index contributed by atoms with van der Waals surface area (Å²) in [5, 5.41) is 2.59. The Balaban J connectivity index is 1.73. The van der Waals surface area contributed by atoms with Gasteiger partial charge >= 0.3 is 0 Å². The molecule has 12 heteroatoms. The predicted octanol–water partition coefficient (Wildman–Crippen LogP) is 3.97. The van der Waals surface area contributed by atoms with E-state index in [1.54, 1.807) is 42.5 Å². The van der Waals surface area contributed by atoms with Crippen LogP contribution in [0, 0.1) is 6.92 Å². The first-order valence-electron chi connectivity index (χ1n) is 10.2. The number of rotatable bonds is 9. The Labute approximate surface area is 213 Å². The zero-order valence-corrected chi connectivity index (χ0v) is 22.4. The summed E-state index contributed by atoms with van der Waals surface area (Å²) in [6.45, 7) is 1.38. The maximum absolute atomic E-state index is 12.8. The number of ether oxygens (including phenoxy) is 1. The smallest absolute Gasteiger partial charge is 0.262 e. The predicted molar refractivity (Wildman–Crippen MR) is 140 cm³/mol. The molecule has 0 aromatic heterocycles. The highest BCUT2D eigenvalue weighted by Gasteiger charge is 2.21. The number of benzene rings is 3. The highest BCUT2D eigenvalue weighted by atomic mass is 79.9. The maximum atomic E-state index is 12.8. The number of anilines is 3. The number of hydrogen-bond acceptors (Lipinski definition) is 6. The van der Waals surface area contributed by atoms with Gasteiger partial charge in [-0.1, -0.05) is 22.0 Å². The molecule has 0 aliphatic rings. The van der Waals surface area contributed by atoms with Crippen LogP contribution < -0.4 is 19.1 Å². The largest absolute Gasteiger partial charge is 0.495 e. The first-order chi connectivity index (χ1) is 16.4. The lowest BCUT2D eigenvalue weighted by Gasteiger charge is -2.22. The molecule has 0 fully saturated rings. The van der Waals surface area contributed by atoms with E-state index in [9.17, 15) is 21.6 Å². The molecule has 3 rings (SSSR count). The molecule has 0 aliphatic heterocycles. The first-order valence-corrected chi connectivity index (χ1v) is 14.3. The lowest BCUT2D eigenvalue weighted by Crippen LogP contribution is -2.37. The number of amides is 1. The van der Waals surface area contributed by atoms with Gasteiger partial charge < -0.3 is 10.1 Å². The summed E-state index contributed by atoms with van der Waals surface area (Å²) in [7, 11) is -6.20. The van der Waals surface area contributed by atoms with Gasteiger partial charge in [-0.3, -0.25) is 13.8 Å². The number of sulfonamides is 2. The quantitative estimate of drug-likeness (QED) is 0.394. The van der Waals surface area contributed by atoms with E-state index < -0.39 is 32.5 Å². The van der Waals surface area contributed by atoms with Crippen LogP contribution >= 0.6 is 15.9 Å². The van der Waals surface area contributed by atoms with Crippen molar-refractivity contribution < 1.29 is 26.4 Å². The van der Waals surface area contributed by atoms with Crippen LogP contribution in [0.3, 0.4) is 0 Å². The number of methoxy groups -OCH3 is 1. The fraction of sp³-hybridized carbons (Fsp3) is 0.174. The highest BCUT2D eigenvalue weighted by molar-refractivity contribution is 9.10. The molecule has 1 amide bonds. The van der Waals surface area contributed by atoms with Gasteiger partial charge in [-0.05, 0) is 73.2 Å².